The second-order valence-electron chi connectivity index (χ2n) is 3.89. The summed E-state index contributed by atoms with van der Waals surface area (Å²) < 4.78 is 0. The van der Waals surface area contributed by atoms with Gasteiger partial charge in [-0.3, -0.25) is 0 Å². The van der Waals surface area contributed by atoms with Gasteiger partial charge in [-0.15, -0.1) is 0 Å². The molecule has 1 fully saturated rings. The summed E-state index contributed by atoms with van der Waals surface area (Å²) >= 11 is 0. The third-order valence-corrected chi connectivity index (χ3v) is 3.50. The molecule has 0 amide bonds. The van der Waals surface area contributed by atoms with Gasteiger partial charge in [0, 0.05) is 0 Å². The Morgan fingerprint density at radius 2 is 1.90 bits per heavy atom. The van der Waals surface area contributed by atoms with E-state index in [1.165, 1.54) is 12.8 Å². The van der Waals surface area contributed by atoms with E-state index in [1.807, 2.05) is 0 Å². The molecule has 2 aliphatic carbocycles. The maximum atomic E-state index is 5.75. The fourth-order valence-corrected chi connectivity index (χ4v) is 2.50. The lowest BCUT2D eigenvalue weighted by molar-refractivity contribution is 0.255. The lowest BCUT2D eigenvalue weighted by Crippen LogP contribution is -2.32. The summed E-state index contributed by atoms with van der Waals surface area (Å²) in [6.07, 6.45) is 7.46. The second-order valence-corrected chi connectivity index (χ2v) is 3.89. The summed E-state index contributed by atoms with van der Waals surface area (Å²) in [5.41, 5.74) is 6.18. The van der Waals surface area contributed by atoms with Crippen LogP contribution < -0.4 is 5.73 Å². The summed E-state index contributed by atoms with van der Waals surface area (Å²) in [5, 5.41) is 0. The lowest BCUT2D eigenvalue weighted by atomic mass is 9.79. The summed E-state index contributed by atoms with van der Waals surface area (Å²) in [6, 6.07) is 0. The Hall–Kier alpha value is -0.300. The van der Waals surface area contributed by atoms with Crippen LogP contribution in [-0.4, -0.2) is 6.54 Å². The van der Waals surface area contributed by atoms with Crippen LogP contribution >= 0.6 is 0 Å². The van der Waals surface area contributed by atoms with Crippen LogP contribution in [0, 0.1) is 17.3 Å². The van der Waals surface area contributed by atoms with Gasteiger partial charge in [0.1, 0.15) is 0 Å². The van der Waals surface area contributed by atoms with Crippen molar-refractivity contribution < 1.29 is 0 Å². The van der Waals surface area contributed by atoms with Crippen LogP contribution in [0.2, 0.25) is 0 Å². The Morgan fingerprint density at radius 3 is 2.10 bits per heavy atom. The van der Waals surface area contributed by atoms with E-state index < -0.39 is 0 Å². The fourth-order valence-electron chi connectivity index (χ4n) is 2.50. The van der Waals surface area contributed by atoms with Gasteiger partial charge in [-0.25, -0.2) is 0 Å². The molecule has 1 unspecified atom stereocenters. The van der Waals surface area contributed by atoms with E-state index in [1.54, 1.807) is 0 Å². The predicted molar refractivity (Wildman–Crippen MR) is 42.5 cm³/mol. The van der Waals surface area contributed by atoms with Crippen LogP contribution in [0.4, 0.5) is 0 Å². The highest BCUT2D eigenvalue weighted by Crippen LogP contribution is 2.52. The van der Waals surface area contributed by atoms with Crippen LogP contribution in [0.1, 0.15) is 19.8 Å². The summed E-state index contributed by atoms with van der Waals surface area (Å²) in [7, 11) is 0. The monoisotopic (exact) mass is 137 g/mol. The molecule has 0 aliphatic heterocycles. The third kappa shape index (κ3) is 0.567. The van der Waals surface area contributed by atoms with Crippen molar-refractivity contribution in [3.8, 4) is 0 Å². The first kappa shape index (κ1) is 6.41. The highest BCUT2D eigenvalue weighted by Gasteiger charge is 2.46. The van der Waals surface area contributed by atoms with Gasteiger partial charge in [0.05, 0.1) is 0 Å². The number of hydrogen-bond acceptors (Lipinski definition) is 1. The predicted octanol–water partition coefficient (Wildman–Crippen LogP) is 1.55. The van der Waals surface area contributed by atoms with Gasteiger partial charge in [-0.2, -0.15) is 0 Å². The molecule has 0 saturated heterocycles. The molecule has 0 aromatic heterocycles. The van der Waals surface area contributed by atoms with E-state index in [-0.39, 0.29) is 0 Å². The third-order valence-electron chi connectivity index (χ3n) is 3.50. The highest BCUT2D eigenvalue weighted by molar-refractivity contribution is 5.17. The maximum Gasteiger partial charge on any atom is -0.00119 e. The Bertz CT molecular complexity index is 158. The molecule has 1 heteroatoms. The van der Waals surface area contributed by atoms with E-state index in [9.17, 15) is 0 Å². The van der Waals surface area contributed by atoms with Crippen LogP contribution in [0.3, 0.4) is 0 Å². The largest absolute Gasteiger partial charge is 0.330 e. The van der Waals surface area contributed by atoms with Gasteiger partial charge in [0.25, 0.3) is 0 Å². The molecule has 56 valence electrons. The Morgan fingerprint density at radius 1 is 1.40 bits per heavy atom. The Balaban J connectivity index is 2.28. The van der Waals surface area contributed by atoms with E-state index in [0.29, 0.717) is 5.41 Å². The summed E-state index contributed by atoms with van der Waals surface area (Å²) in [5.74, 6) is 1.59. The molecule has 0 heterocycles. The van der Waals surface area contributed by atoms with Gasteiger partial charge in [0.15, 0.2) is 0 Å². The van der Waals surface area contributed by atoms with Gasteiger partial charge in [-0.05, 0) is 36.6 Å². The molecule has 3 atom stereocenters. The number of nitrogens with two attached hydrogens (primary N) is 1. The molecule has 2 bridgehead atoms. The quantitative estimate of drug-likeness (QED) is 0.545. The number of fused-ring (bicyclic) bond motifs is 2. The Labute approximate surface area is 62.3 Å². The molecule has 2 N–H and O–H groups in total. The minimum Gasteiger partial charge on any atom is -0.330 e. The molecule has 0 aromatic rings. The van der Waals surface area contributed by atoms with Gasteiger partial charge in [-0.1, -0.05) is 19.1 Å². The van der Waals surface area contributed by atoms with Crippen molar-refractivity contribution in [2.24, 2.45) is 23.0 Å². The normalized spacial score (nSPS) is 50.6. The van der Waals surface area contributed by atoms with E-state index >= 15 is 0 Å². The SMILES string of the molecule is CC1(CN)[C@@H]2C=C[C@H]1CC2. The highest BCUT2D eigenvalue weighted by atomic mass is 14.7. The fraction of sp³-hybridized carbons (Fsp3) is 0.778. The minimum absolute atomic E-state index is 0.431. The average molecular weight is 137 g/mol. The first-order chi connectivity index (χ1) is 4.77. The van der Waals surface area contributed by atoms with Crippen LogP contribution in [0.15, 0.2) is 12.2 Å². The molecule has 2 aliphatic rings. The van der Waals surface area contributed by atoms with Crippen molar-refractivity contribution >= 4 is 0 Å². The number of allylic oxidation sites excluding steroid dienone is 2. The van der Waals surface area contributed by atoms with Crippen LogP contribution in [0.25, 0.3) is 0 Å². The van der Waals surface area contributed by atoms with E-state index in [4.69, 9.17) is 5.73 Å². The molecule has 1 saturated carbocycles. The lowest BCUT2D eigenvalue weighted by Gasteiger charge is -2.27. The standard InChI is InChI=1S/C9H15N/c1-9(6-10)7-2-3-8(9)5-4-7/h2-3,7-8H,4-6,10H2,1H3/t7-,8+,9?. The zero-order chi connectivity index (χ0) is 7.19. The summed E-state index contributed by atoms with van der Waals surface area (Å²) in [4.78, 5) is 0. The van der Waals surface area contributed by atoms with Crippen molar-refractivity contribution in [2.75, 3.05) is 6.54 Å². The van der Waals surface area contributed by atoms with Gasteiger partial charge in [0.2, 0.25) is 0 Å². The zero-order valence-corrected chi connectivity index (χ0v) is 6.51. The smallest absolute Gasteiger partial charge is 0.00119 e. The molecule has 1 nitrogen and oxygen atoms in total. The zero-order valence-electron chi connectivity index (χ0n) is 6.51. The van der Waals surface area contributed by atoms with E-state index in [2.05, 4.69) is 19.1 Å². The number of hydrogen-bond donors (Lipinski definition) is 1. The molecule has 2 rings (SSSR count). The van der Waals surface area contributed by atoms with Crippen molar-refractivity contribution in [3.63, 3.8) is 0 Å². The van der Waals surface area contributed by atoms with Crippen molar-refractivity contribution in [2.45, 2.75) is 19.8 Å². The van der Waals surface area contributed by atoms with Crippen LogP contribution in [0.5, 0.6) is 0 Å². The summed E-state index contributed by atoms with van der Waals surface area (Å²) in [6.45, 7) is 3.19. The molecule has 0 radical (unpaired) electrons. The Kier molecular flexibility index (Phi) is 1.19. The molecule has 0 spiro atoms. The molecular weight excluding hydrogens is 122 g/mol. The first-order valence-corrected chi connectivity index (χ1v) is 4.16. The van der Waals surface area contributed by atoms with Crippen LogP contribution in [-0.2, 0) is 0 Å². The second kappa shape index (κ2) is 1.85. The van der Waals surface area contributed by atoms with Crippen molar-refractivity contribution in [3.05, 3.63) is 12.2 Å². The topological polar surface area (TPSA) is 26.0 Å². The van der Waals surface area contributed by atoms with Crippen molar-refractivity contribution in [1.82, 2.24) is 0 Å². The molecular formula is C9H15N. The van der Waals surface area contributed by atoms with Gasteiger partial charge >= 0.3 is 0 Å². The average Bonchev–Trinajstić information content (AvgIpc) is 2.46. The van der Waals surface area contributed by atoms with Crippen molar-refractivity contribution in [1.29, 1.82) is 0 Å². The number of rotatable bonds is 1. The first-order valence-electron chi connectivity index (χ1n) is 4.16. The molecule has 0 aromatic carbocycles. The maximum absolute atomic E-state index is 5.75. The molecule has 10 heavy (non-hydrogen) atoms. The minimum atomic E-state index is 0.431. The van der Waals surface area contributed by atoms with E-state index in [0.717, 1.165) is 18.4 Å². The van der Waals surface area contributed by atoms with Gasteiger partial charge < -0.3 is 5.73 Å².